The zero-order chi connectivity index (χ0) is 12.5. The molecular weight excluding hydrogens is 224 g/mol. The minimum Gasteiger partial charge on any atom is -0.326 e. The van der Waals surface area contributed by atoms with Gasteiger partial charge in [0.2, 0.25) is 5.56 Å². The number of hydrogen-bond acceptors (Lipinski definition) is 2. The summed E-state index contributed by atoms with van der Waals surface area (Å²) >= 11 is 0. The Morgan fingerprint density at radius 2 is 2.28 bits per heavy atom. The normalized spacial score (nSPS) is 42.3. The van der Waals surface area contributed by atoms with Gasteiger partial charge < -0.3 is 10.7 Å². The molecule has 1 aromatic heterocycles. The van der Waals surface area contributed by atoms with E-state index in [1.807, 2.05) is 6.07 Å². The number of nitrogens with one attached hydrogen (secondary N) is 1. The molecule has 4 atom stereocenters. The minimum absolute atomic E-state index is 0.00769. The Kier molecular flexibility index (Phi) is 1.85. The van der Waals surface area contributed by atoms with E-state index in [0.717, 1.165) is 18.0 Å². The second-order valence-electron chi connectivity index (χ2n) is 6.07. The van der Waals surface area contributed by atoms with Crippen LogP contribution in [0.15, 0.2) is 28.6 Å². The van der Waals surface area contributed by atoms with Crippen molar-refractivity contribution in [2.24, 2.45) is 23.5 Å². The topological polar surface area (TPSA) is 58.9 Å². The zero-order valence-corrected chi connectivity index (χ0v) is 10.6. The van der Waals surface area contributed by atoms with Crippen molar-refractivity contribution in [3.05, 3.63) is 45.4 Å². The fourth-order valence-corrected chi connectivity index (χ4v) is 4.45. The third kappa shape index (κ3) is 1.11. The molecule has 18 heavy (non-hydrogen) atoms. The maximum Gasteiger partial charge on any atom is 0.248 e. The third-order valence-electron chi connectivity index (χ3n) is 5.22. The molecule has 1 heterocycles. The van der Waals surface area contributed by atoms with Crippen LogP contribution in [0.1, 0.15) is 31.0 Å². The molecule has 0 amide bonds. The Balaban J connectivity index is 2.00. The highest BCUT2D eigenvalue weighted by molar-refractivity contribution is 5.47. The van der Waals surface area contributed by atoms with Crippen molar-refractivity contribution in [2.45, 2.75) is 31.7 Å². The number of allylic oxidation sites excluding steroid dienone is 1. The van der Waals surface area contributed by atoms with E-state index in [0.29, 0.717) is 11.8 Å². The van der Waals surface area contributed by atoms with Gasteiger partial charge in [-0.25, -0.2) is 0 Å². The van der Waals surface area contributed by atoms with Crippen molar-refractivity contribution in [2.75, 3.05) is 0 Å². The van der Waals surface area contributed by atoms with Crippen LogP contribution in [0.25, 0.3) is 0 Å². The summed E-state index contributed by atoms with van der Waals surface area (Å²) in [6.07, 6.45) is 5.67. The lowest BCUT2D eigenvalue weighted by atomic mass is 9.62. The smallest absolute Gasteiger partial charge is 0.248 e. The molecule has 3 N–H and O–H groups in total. The number of aromatic amines is 1. The quantitative estimate of drug-likeness (QED) is 0.680. The predicted octanol–water partition coefficient (Wildman–Crippen LogP) is 1.69. The Morgan fingerprint density at radius 3 is 3.06 bits per heavy atom. The van der Waals surface area contributed by atoms with E-state index in [4.69, 9.17) is 5.73 Å². The molecule has 0 saturated heterocycles. The largest absolute Gasteiger partial charge is 0.326 e. The molecule has 0 radical (unpaired) electrons. The van der Waals surface area contributed by atoms with Crippen LogP contribution < -0.4 is 11.3 Å². The lowest BCUT2D eigenvalue weighted by Gasteiger charge is -2.46. The second kappa shape index (κ2) is 3.15. The number of fused-ring (bicyclic) bond motifs is 6. The number of pyridine rings is 1. The summed E-state index contributed by atoms with van der Waals surface area (Å²) in [4.78, 5) is 14.5. The van der Waals surface area contributed by atoms with Crippen LogP contribution in [-0.2, 0) is 12.0 Å². The van der Waals surface area contributed by atoms with E-state index in [1.54, 1.807) is 6.07 Å². The Hall–Kier alpha value is -1.35. The molecule has 0 aromatic carbocycles. The molecule has 94 valence electrons. The summed E-state index contributed by atoms with van der Waals surface area (Å²) in [6.45, 7) is 2.10. The number of aromatic nitrogens is 1. The monoisotopic (exact) mass is 242 g/mol. The van der Waals surface area contributed by atoms with Gasteiger partial charge in [0, 0.05) is 11.8 Å². The first-order valence-corrected chi connectivity index (χ1v) is 6.82. The van der Waals surface area contributed by atoms with Gasteiger partial charge in [0.25, 0.3) is 0 Å². The van der Waals surface area contributed by atoms with Crippen LogP contribution in [0.5, 0.6) is 0 Å². The zero-order valence-electron chi connectivity index (χ0n) is 10.6. The molecule has 3 nitrogen and oxygen atoms in total. The van der Waals surface area contributed by atoms with Crippen LogP contribution in [0.4, 0.5) is 0 Å². The van der Waals surface area contributed by atoms with Crippen LogP contribution >= 0.6 is 0 Å². The summed E-state index contributed by atoms with van der Waals surface area (Å²) in [7, 11) is 0. The Morgan fingerprint density at radius 1 is 1.44 bits per heavy atom. The van der Waals surface area contributed by atoms with Crippen molar-refractivity contribution in [1.29, 1.82) is 0 Å². The van der Waals surface area contributed by atoms with E-state index in [9.17, 15) is 4.79 Å². The van der Waals surface area contributed by atoms with Gasteiger partial charge >= 0.3 is 0 Å². The molecule has 2 saturated carbocycles. The lowest BCUT2D eigenvalue weighted by Crippen LogP contribution is -2.51. The van der Waals surface area contributed by atoms with Gasteiger partial charge in [-0.05, 0) is 61.1 Å². The van der Waals surface area contributed by atoms with Crippen molar-refractivity contribution in [3.8, 4) is 0 Å². The lowest BCUT2D eigenvalue weighted by molar-refractivity contribution is 0.278. The average molecular weight is 242 g/mol. The predicted molar refractivity (Wildman–Crippen MR) is 70.1 cm³/mol. The molecule has 0 aliphatic heterocycles. The third-order valence-corrected chi connectivity index (χ3v) is 5.22. The van der Waals surface area contributed by atoms with Crippen LogP contribution in [-0.4, -0.2) is 4.98 Å². The van der Waals surface area contributed by atoms with Crippen LogP contribution in [0.3, 0.4) is 0 Å². The standard InChI is InChI=1S/C15H18N2O/c1-2-10-9-5-8-6-12(8)15(10,16)11-3-4-14(18)17-13(11)7-9/h2-4,8-9,12H,5-7,16H2,1H3,(H,17,18)/b10-2+/t8?,9?,12-,15?/m1/s1. The highest BCUT2D eigenvalue weighted by Gasteiger charge is 2.60. The summed E-state index contributed by atoms with van der Waals surface area (Å²) < 4.78 is 0. The first-order chi connectivity index (χ1) is 8.64. The van der Waals surface area contributed by atoms with E-state index in [2.05, 4.69) is 18.0 Å². The molecule has 2 bridgehead atoms. The van der Waals surface area contributed by atoms with Gasteiger partial charge in [0.05, 0.1) is 5.54 Å². The number of nitrogens with two attached hydrogens (primary N) is 1. The van der Waals surface area contributed by atoms with Crippen LogP contribution in [0, 0.1) is 17.8 Å². The summed E-state index contributed by atoms with van der Waals surface area (Å²) in [5, 5.41) is 0. The molecule has 3 aliphatic rings. The SMILES string of the molecule is C/C=C1\C2Cc3[nH]c(=O)ccc3C1(N)[C@@H]1CC1C2. The number of H-pyrrole nitrogens is 1. The first-order valence-electron chi connectivity index (χ1n) is 6.82. The maximum absolute atomic E-state index is 11.5. The highest BCUT2D eigenvalue weighted by Crippen LogP contribution is 2.63. The molecule has 0 spiro atoms. The first kappa shape index (κ1) is 10.6. The second-order valence-corrected chi connectivity index (χ2v) is 6.07. The van der Waals surface area contributed by atoms with Gasteiger partial charge in [-0.15, -0.1) is 0 Å². The summed E-state index contributed by atoms with van der Waals surface area (Å²) in [5.41, 5.74) is 10.1. The molecule has 2 fully saturated rings. The summed E-state index contributed by atoms with van der Waals surface area (Å²) in [6, 6.07) is 3.57. The maximum atomic E-state index is 11.5. The van der Waals surface area contributed by atoms with E-state index in [1.165, 1.54) is 24.0 Å². The van der Waals surface area contributed by atoms with Gasteiger partial charge in [0.15, 0.2) is 0 Å². The molecule has 3 aliphatic carbocycles. The van der Waals surface area contributed by atoms with Gasteiger partial charge in [-0.3, -0.25) is 4.79 Å². The van der Waals surface area contributed by atoms with E-state index in [-0.39, 0.29) is 11.1 Å². The molecular formula is C15H18N2O. The van der Waals surface area contributed by atoms with Gasteiger partial charge in [0.1, 0.15) is 0 Å². The van der Waals surface area contributed by atoms with Crippen molar-refractivity contribution in [1.82, 2.24) is 4.98 Å². The van der Waals surface area contributed by atoms with Gasteiger partial charge in [-0.2, -0.15) is 0 Å². The fraction of sp³-hybridized carbons (Fsp3) is 0.533. The number of rotatable bonds is 0. The Bertz CT molecular complexity index is 615. The Labute approximate surface area is 106 Å². The highest BCUT2D eigenvalue weighted by atomic mass is 16.1. The summed E-state index contributed by atoms with van der Waals surface area (Å²) in [5.74, 6) is 1.93. The average Bonchev–Trinajstić information content (AvgIpc) is 3.08. The molecule has 4 rings (SSSR count). The molecule has 3 heteroatoms. The number of hydrogen-bond donors (Lipinski definition) is 2. The fourth-order valence-electron chi connectivity index (χ4n) is 4.45. The van der Waals surface area contributed by atoms with Crippen molar-refractivity contribution < 1.29 is 0 Å². The molecule has 3 unspecified atom stereocenters. The van der Waals surface area contributed by atoms with E-state index < -0.39 is 0 Å². The van der Waals surface area contributed by atoms with E-state index >= 15 is 0 Å². The molecule has 1 aromatic rings. The van der Waals surface area contributed by atoms with Crippen molar-refractivity contribution in [3.63, 3.8) is 0 Å². The van der Waals surface area contributed by atoms with Crippen LogP contribution in [0.2, 0.25) is 0 Å². The minimum atomic E-state index is -0.305. The van der Waals surface area contributed by atoms with Gasteiger partial charge in [-0.1, -0.05) is 6.08 Å². The van der Waals surface area contributed by atoms with Crippen molar-refractivity contribution >= 4 is 0 Å².